The number of nitrogens with zero attached hydrogens (tertiary/aromatic N) is 3. The molecule has 6 nitrogen and oxygen atoms in total. The zero-order valence-electron chi connectivity index (χ0n) is 9.44. The van der Waals surface area contributed by atoms with Gasteiger partial charge >= 0.3 is 0 Å². The number of aromatic nitrogens is 4. The van der Waals surface area contributed by atoms with Crippen molar-refractivity contribution >= 4 is 11.6 Å². The summed E-state index contributed by atoms with van der Waals surface area (Å²) in [5.41, 5.74) is 5.76. The number of rotatable bonds is 4. The molecule has 0 saturated heterocycles. The Hall–Kier alpha value is -1.98. The molecule has 6 heteroatoms. The molecule has 0 saturated carbocycles. The van der Waals surface area contributed by atoms with E-state index in [1.807, 2.05) is 23.9 Å². The van der Waals surface area contributed by atoms with E-state index >= 15 is 0 Å². The number of nitrogen functional groups attached to an aromatic ring is 1. The van der Waals surface area contributed by atoms with Crippen LogP contribution in [-0.4, -0.2) is 25.8 Å². The summed E-state index contributed by atoms with van der Waals surface area (Å²) in [6.45, 7) is 4.71. The van der Waals surface area contributed by atoms with E-state index in [2.05, 4.69) is 27.3 Å². The second kappa shape index (κ2) is 4.26. The lowest BCUT2D eigenvalue weighted by Crippen LogP contribution is -2.22. The Balaban J connectivity index is 1.97. The Labute approximate surface area is 93.9 Å². The maximum absolute atomic E-state index is 5.76. The summed E-state index contributed by atoms with van der Waals surface area (Å²) in [6.07, 6.45) is 3.69. The van der Waals surface area contributed by atoms with E-state index in [1.165, 1.54) is 0 Å². The Bertz CT molecular complexity index is 444. The van der Waals surface area contributed by atoms with E-state index in [9.17, 15) is 0 Å². The van der Waals surface area contributed by atoms with Crippen LogP contribution < -0.4 is 11.1 Å². The molecule has 1 atom stereocenters. The van der Waals surface area contributed by atoms with Crippen molar-refractivity contribution < 1.29 is 0 Å². The monoisotopic (exact) mass is 220 g/mol. The highest BCUT2D eigenvalue weighted by molar-refractivity contribution is 5.57. The zero-order chi connectivity index (χ0) is 11.5. The predicted molar refractivity (Wildman–Crippen MR) is 63.0 cm³/mol. The minimum atomic E-state index is 0.213. The van der Waals surface area contributed by atoms with E-state index < -0.39 is 0 Å². The average Bonchev–Trinajstić information content (AvgIpc) is 2.78. The molecule has 0 fully saturated rings. The van der Waals surface area contributed by atoms with Gasteiger partial charge in [-0.15, -0.1) is 0 Å². The molecule has 16 heavy (non-hydrogen) atoms. The molecule has 2 aromatic rings. The number of anilines is 2. The third-order valence-electron chi connectivity index (χ3n) is 2.25. The molecule has 0 amide bonds. The van der Waals surface area contributed by atoms with Gasteiger partial charge in [0.2, 0.25) is 0 Å². The highest BCUT2D eigenvalue weighted by Crippen LogP contribution is 2.15. The average molecular weight is 220 g/mol. The first-order valence-corrected chi connectivity index (χ1v) is 5.21. The maximum atomic E-state index is 5.76. The first-order valence-electron chi connectivity index (χ1n) is 5.21. The summed E-state index contributed by atoms with van der Waals surface area (Å²) in [7, 11) is 0. The van der Waals surface area contributed by atoms with Crippen LogP contribution in [0, 0.1) is 6.92 Å². The van der Waals surface area contributed by atoms with Crippen LogP contribution in [0.1, 0.15) is 12.7 Å². The molecule has 0 aliphatic heterocycles. The van der Waals surface area contributed by atoms with Gasteiger partial charge in [-0.25, -0.2) is 4.98 Å². The van der Waals surface area contributed by atoms with Crippen molar-refractivity contribution in [2.75, 3.05) is 11.1 Å². The largest absolute Gasteiger partial charge is 0.382 e. The fourth-order valence-corrected chi connectivity index (χ4v) is 1.59. The SMILES string of the molecule is Cc1nc(NC(C)Cn2cccn2)c(N)[nH]1. The molecule has 0 aliphatic carbocycles. The summed E-state index contributed by atoms with van der Waals surface area (Å²) >= 11 is 0. The van der Waals surface area contributed by atoms with Crippen LogP contribution in [0.4, 0.5) is 11.6 Å². The van der Waals surface area contributed by atoms with E-state index in [4.69, 9.17) is 5.73 Å². The van der Waals surface area contributed by atoms with Crippen LogP contribution in [0.5, 0.6) is 0 Å². The first-order chi connectivity index (χ1) is 7.65. The van der Waals surface area contributed by atoms with Crippen molar-refractivity contribution in [2.45, 2.75) is 26.4 Å². The number of aryl methyl sites for hydroxylation is 1. The van der Waals surface area contributed by atoms with Crippen molar-refractivity contribution in [2.24, 2.45) is 0 Å². The predicted octanol–water partition coefficient (Wildman–Crippen LogP) is 0.997. The lowest BCUT2D eigenvalue weighted by Gasteiger charge is -2.13. The summed E-state index contributed by atoms with van der Waals surface area (Å²) in [6, 6.07) is 2.12. The molecule has 4 N–H and O–H groups in total. The molecular weight excluding hydrogens is 204 g/mol. The molecule has 0 aliphatic rings. The number of imidazole rings is 1. The molecule has 2 rings (SSSR count). The van der Waals surface area contributed by atoms with Gasteiger partial charge in [0.1, 0.15) is 11.6 Å². The van der Waals surface area contributed by atoms with Crippen LogP contribution >= 0.6 is 0 Å². The Morgan fingerprint density at radius 2 is 2.44 bits per heavy atom. The highest BCUT2D eigenvalue weighted by atomic mass is 15.3. The number of hydrogen-bond donors (Lipinski definition) is 3. The van der Waals surface area contributed by atoms with Gasteiger partial charge in [-0.3, -0.25) is 4.68 Å². The first kappa shape index (κ1) is 10.5. The van der Waals surface area contributed by atoms with Crippen LogP contribution in [0.25, 0.3) is 0 Å². The lowest BCUT2D eigenvalue weighted by molar-refractivity contribution is 0.560. The van der Waals surface area contributed by atoms with Gasteiger partial charge in [0.05, 0.1) is 6.54 Å². The molecule has 2 aromatic heterocycles. The molecule has 2 heterocycles. The fraction of sp³-hybridized carbons (Fsp3) is 0.400. The minimum Gasteiger partial charge on any atom is -0.382 e. The number of hydrogen-bond acceptors (Lipinski definition) is 4. The van der Waals surface area contributed by atoms with Gasteiger partial charge in [0, 0.05) is 18.4 Å². The van der Waals surface area contributed by atoms with Crippen LogP contribution in [0.15, 0.2) is 18.5 Å². The van der Waals surface area contributed by atoms with E-state index in [-0.39, 0.29) is 6.04 Å². The van der Waals surface area contributed by atoms with Gasteiger partial charge in [0.25, 0.3) is 0 Å². The molecule has 0 radical (unpaired) electrons. The molecule has 0 aromatic carbocycles. The third kappa shape index (κ3) is 2.33. The molecule has 0 spiro atoms. The normalized spacial score (nSPS) is 12.6. The lowest BCUT2D eigenvalue weighted by atomic mass is 10.3. The number of nitrogens with one attached hydrogen (secondary N) is 2. The van der Waals surface area contributed by atoms with Crippen molar-refractivity contribution in [1.29, 1.82) is 0 Å². The van der Waals surface area contributed by atoms with E-state index in [0.29, 0.717) is 11.6 Å². The van der Waals surface area contributed by atoms with Crippen molar-refractivity contribution in [3.8, 4) is 0 Å². The molecule has 1 unspecified atom stereocenters. The van der Waals surface area contributed by atoms with Crippen molar-refractivity contribution in [1.82, 2.24) is 19.7 Å². The number of H-pyrrole nitrogens is 1. The van der Waals surface area contributed by atoms with Crippen LogP contribution in [-0.2, 0) is 6.54 Å². The molecular formula is C10H16N6. The standard InChI is InChI=1S/C10H16N6/c1-7(6-16-5-3-4-12-16)13-10-9(11)14-8(2)15-10/h3-5,7,13H,6,11H2,1-2H3,(H,14,15). The quantitative estimate of drug-likeness (QED) is 0.717. The zero-order valence-corrected chi connectivity index (χ0v) is 9.44. The topological polar surface area (TPSA) is 84.6 Å². The van der Waals surface area contributed by atoms with Crippen molar-refractivity contribution in [3.05, 3.63) is 24.3 Å². The van der Waals surface area contributed by atoms with Gasteiger partial charge in [-0.05, 0) is 19.9 Å². The van der Waals surface area contributed by atoms with Crippen LogP contribution in [0.3, 0.4) is 0 Å². The van der Waals surface area contributed by atoms with E-state index in [1.54, 1.807) is 6.20 Å². The number of nitrogens with two attached hydrogens (primary N) is 1. The Morgan fingerprint density at radius 3 is 3.00 bits per heavy atom. The third-order valence-corrected chi connectivity index (χ3v) is 2.25. The minimum absolute atomic E-state index is 0.213. The molecule has 0 bridgehead atoms. The summed E-state index contributed by atoms with van der Waals surface area (Å²) < 4.78 is 1.87. The van der Waals surface area contributed by atoms with Gasteiger partial charge in [-0.2, -0.15) is 5.10 Å². The van der Waals surface area contributed by atoms with Gasteiger partial charge in [-0.1, -0.05) is 0 Å². The van der Waals surface area contributed by atoms with Crippen molar-refractivity contribution in [3.63, 3.8) is 0 Å². The number of aromatic amines is 1. The van der Waals surface area contributed by atoms with Crippen LogP contribution in [0.2, 0.25) is 0 Å². The summed E-state index contributed by atoms with van der Waals surface area (Å²) in [5.74, 6) is 2.09. The smallest absolute Gasteiger partial charge is 0.169 e. The second-order valence-corrected chi connectivity index (χ2v) is 3.86. The fourth-order valence-electron chi connectivity index (χ4n) is 1.59. The van der Waals surface area contributed by atoms with Gasteiger partial charge < -0.3 is 16.0 Å². The Kier molecular flexibility index (Phi) is 2.80. The highest BCUT2D eigenvalue weighted by Gasteiger charge is 2.08. The summed E-state index contributed by atoms with van der Waals surface area (Å²) in [5, 5.41) is 7.38. The maximum Gasteiger partial charge on any atom is 0.169 e. The molecule has 86 valence electrons. The van der Waals surface area contributed by atoms with E-state index in [0.717, 1.165) is 12.4 Å². The summed E-state index contributed by atoms with van der Waals surface area (Å²) in [4.78, 5) is 7.21. The van der Waals surface area contributed by atoms with Gasteiger partial charge in [0.15, 0.2) is 5.82 Å². The Morgan fingerprint density at radius 1 is 1.62 bits per heavy atom. The second-order valence-electron chi connectivity index (χ2n) is 3.86.